The highest BCUT2D eigenvalue weighted by Crippen LogP contribution is 2.26. The fourth-order valence-electron chi connectivity index (χ4n) is 1.41. The normalized spacial score (nSPS) is 10.5. The number of aryl methyl sites for hydroxylation is 1. The second-order valence-corrected chi connectivity index (χ2v) is 4.32. The molecule has 0 aliphatic carbocycles. The van der Waals surface area contributed by atoms with Crippen molar-refractivity contribution in [1.82, 2.24) is 9.97 Å². The third-order valence-electron chi connectivity index (χ3n) is 2.18. The van der Waals surface area contributed by atoms with Crippen molar-refractivity contribution in [3.63, 3.8) is 0 Å². The van der Waals surface area contributed by atoms with Gasteiger partial charge in [-0.25, -0.2) is 14.4 Å². The van der Waals surface area contributed by atoms with E-state index < -0.39 is 5.82 Å². The highest BCUT2D eigenvalue weighted by molar-refractivity contribution is 9.10. The van der Waals surface area contributed by atoms with E-state index in [1.807, 2.05) is 0 Å². The highest BCUT2D eigenvalue weighted by Gasteiger charge is 2.10. The number of rotatable bonds is 1. The largest absolute Gasteiger partial charge is 0.508 e. The van der Waals surface area contributed by atoms with Crippen LogP contribution in [0.15, 0.2) is 22.7 Å². The summed E-state index contributed by atoms with van der Waals surface area (Å²) in [5.74, 6) is -0.181. The maximum atomic E-state index is 13.1. The van der Waals surface area contributed by atoms with Crippen molar-refractivity contribution in [2.24, 2.45) is 0 Å². The molecule has 0 aliphatic heterocycles. The van der Waals surface area contributed by atoms with Gasteiger partial charge in [0.2, 0.25) is 0 Å². The molecule has 88 valence electrons. The number of nitrogen functional groups attached to an aromatic ring is 1. The van der Waals surface area contributed by atoms with E-state index in [9.17, 15) is 9.50 Å². The van der Waals surface area contributed by atoms with Crippen molar-refractivity contribution in [3.05, 3.63) is 34.2 Å². The van der Waals surface area contributed by atoms with Crippen molar-refractivity contribution in [3.8, 4) is 17.1 Å². The Morgan fingerprint density at radius 2 is 2.00 bits per heavy atom. The number of hydrogen-bond donors (Lipinski definition) is 2. The molecule has 6 heteroatoms. The van der Waals surface area contributed by atoms with Gasteiger partial charge in [-0.2, -0.15) is 0 Å². The minimum Gasteiger partial charge on any atom is -0.508 e. The standard InChI is InChI=1S/C11H9BrFN3O/c1-5-9(12)10(14)16-11(15-5)6-2-7(13)4-8(17)3-6/h2-4,17H,1H3,(H2,14,15,16). The number of aromatic hydroxyl groups is 1. The maximum Gasteiger partial charge on any atom is 0.162 e. The topological polar surface area (TPSA) is 72.0 Å². The Hall–Kier alpha value is -1.69. The summed E-state index contributed by atoms with van der Waals surface area (Å²) in [5.41, 5.74) is 6.71. The van der Waals surface area contributed by atoms with Crippen LogP contribution in [0.3, 0.4) is 0 Å². The van der Waals surface area contributed by atoms with Crippen molar-refractivity contribution >= 4 is 21.7 Å². The van der Waals surface area contributed by atoms with Gasteiger partial charge in [-0.3, -0.25) is 0 Å². The molecule has 1 aromatic heterocycles. The molecule has 0 aliphatic rings. The zero-order valence-electron chi connectivity index (χ0n) is 8.91. The van der Waals surface area contributed by atoms with Gasteiger partial charge >= 0.3 is 0 Å². The van der Waals surface area contributed by atoms with Crippen LogP contribution in [0, 0.1) is 12.7 Å². The van der Waals surface area contributed by atoms with E-state index >= 15 is 0 Å². The first-order chi connectivity index (χ1) is 7.97. The summed E-state index contributed by atoms with van der Waals surface area (Å²) in [6.45, 7) is 1.75. The Balaban J connectivity index is 2.60. The minimum absolute atomic E-state index is 0.178. The second-order valence-electron chi connectivity index (χ2n) is 3.53. The van der Waals surface area contributed by atoms with Crippen LogP contribution >= 0.6 is 15.9 Å². The first-order valence-corrected chi connectivity index (χ1v) is 5.56. The molecular formula is C11H9BrFN3O. The van der Waals surface area contributed by atoms with E-state index in [2.05, 4.69) is 25.9 Å². The molecule has 0 spiro atoms. The average molecular weight is 298 g/mol. The van der Waals surface area contributed by atoms with Gasteiger partial charge in [-0.05, 0) is 35.0 Å². The number of hydrogen-bond acceptors (Lipinski definition) is 4. The van der Waals surface area contributed by atoms with E-state index in [0.29, 0.717) is 15.7 Å². The molecular weight excluding hydrogens is 289 g/mol. The molecule has 3 N–H and O–H groups in total. The number of halogens is 2. The SMILES string of the molecule is Cc1nc(-c2cc(O)cc(F)c2)nc(N)c1Br. The molecule has 0 unspecified atom stereocenters. The molecule has 0 fully saturated rings. The van der Waals surface area contributed by atoms with Crippen molar-refractivity contribution in [2.75, 3.05) is 5.73 Å². The Labute approximate surface area is 105 Å². The molecule has 1 heterocycles. The van der Waals surface area contributed by atoms with Crippen LogP contribution in [-0.2, 0) is 0 Å². The fourth-order valence-corrected chi connectivity index (χ4v) is 1.59. The Kier molecular flexibility index (Phi) is 2.97. The van der Waals surface area contributed by atoms with E-state index in [4.69, 9.17) is 5.73 Å². The molecule has 0 saturated heterocycles. The van der Waals surface area contributed by atoms with E-state index in [1.54, 1.807) is 6.92 Å². The van der Waals surface area contributed by atoms with Crippen LogP contribution in [0.1, 0.15) is 5.69 Å². The lowest BCUT2D eigenvalue weighted by molar-refractivity contribution is 0.469. The van der Waals surface area contributed by atoms with Crippen LogP contribution < -0.4 is 5.73 Å². The lowest BCUT2D eigenvalue weighted by Crippen LogP contribution is -2.00. The number of phenolic OH excluding ortho intramolecular Hbond substituents is 1. The number of benzene rings is 1. The number of nitrogens with two attached hydrogens (primary N) is 1. The summed E-state index contributed by atoms with van der Waals surface area (Å²) in [7, 11) is 0. The smallest absolute Gasteiger partial charge is 0.162 e. The summed E-state index contributed by atoms with van der Waals surface area (Å²) < 4.78 is 13.8. The lowest BCUT2D eigenvalue weighted by atomic mass is 10.2. The minimum atomic E-state index is -0.553. The third-order valence-corrected chi connectivity index (χ3v) is 3.16. The quantitative estimate of drug-likeness (QED) is 0.849. The van der Waals surface area contributed by atoms with Crippen LogP contribution in [0.2, 0.25) is 0 Å². The molecule has 0 atom stereocenters. The van der Waals surface area contributed by atoms with Gasteiger partial charge < -0.3 is 10.8 Å². The van der Waals surface area contributed by atoms with Gasteiger partial charge in [-0.15, -0.1) is 0 Å². The molecule has 2 rings (SSSR count). The van der Waals surface area contributed by atoms with Crippen molar-refractivity contribution in [2.45, 2.75) is 6.92 Å². The van der Waals surface area contributed by atoms with Gasteiger partial charge in [-0.1, -0.05) is 0 Å². The van der Waals surface area contributed by atoms with E-state index in [1.165, 1.54) is 12.1 Å². The second kappa shape index (κ2) is 4.29. The molecule has 1 aromatic carbocycles. The summed E-state index contributed by atoms with van der Waals surface area (Å²) >= 11 is 3.24. The number of phenols is 1. The van der Waals surface area contributed by atoms with Gasteiger partial charge in [0.15, 0.2) is 5.82 Å². The predicted octanol–water partition coefficient (Wildman–Crippen LogP) is 2.64. The zero-order valence-corrected chi connectivity index (χ0v) is 10.5. The molecule has 0 amide bonds. The summed E-state index contributed by atoms with van der Waals surface area (Å²) in [5, 5.41) is 9.31. The third kappa shape index (κ3) is 2.36. The van der Waals surface area contributed by atoms with Crippen molar-refractivity contribution in [1.29, 1.82) is 0 Å². The van der Waals surface area contributed by atoms with Crippen LogP contribution in [0.25, 0.3) is 11.4 Å². The molecule has 0 bridgehead atoms. The molecule has 0 saturated carbocycles. The lowest BCUT2D eigenvalue weighted by Gasteiger charge is -2.06. The summed E-state index contributed by atoms with van der Waals surface area (Å²) in [6.07, 6.45) is 0. The van der Waals surface area contributed by atoms with E-state index in [-0.39, 0.29) is 17.4 Å². The number of aromatic nitrogens is 2. The van der Waals surface area contributed by atoms with Gasteiger partial charge in [0.25, 0.3) is 0 Å². The van der Waals surface area contributed by atoms with Crippen LogP contribution in [-0.4, -0.2) is 15.1 Å². The summed E-state index contributed by atoms with van der Waals surface area (Å²) in [4.78, 5) is 8.20. The Morgan fingerprint density at radius 1 is 1.29 bits per heavy atom. The highest BCUT2D eigenvalue weighted by atomic mass is 79.9. The molecule has 4 nitrogen and oxygen atoms in total. The number of anilines is 1. The van der Waals surface area contributed by atoms with Gasteiger partial charge in [0.1, 0.15) is 17.4 Å². The van der Waals surface area contributed by atoms with Crippen LogP contribution in [0.4, 0.5) is 10.2 Å². The van der Waals surface area contributed by atoms with E-state index in [0.717, 1.165) is 6.07 Å². The van der Waals surface area contributed by atoms with Crippen molar-refractivity contribution < 1.29 is 9.50 Å². The summed E-state index contributed by atoms with van der Waals surface area (Å²) in [6, 6.07) is 3.63. The molecule has 17 heavy (non-hydrogen) atoms. The first kappa shape index (κ1) is 11.8. The Morgan fingerprint density at radius 3 is 2.59 bits per heavy atom. The van der Waals surface area contributed by atoms with Crippen LogP contribution in [0.5, 0.6) is 5.75 Å². The Bertz CT molecular complexity index is 546. The zero-order chi connectivity index (χ0) is 12.6. The van der Waals surface area contributed by atoms with Gasteiger partial charge in [0, 0.05) is 11.6 Å². The number of nitrogens with zero attached hydrogens (tertiary/aromatic N) is 2. The average Bonchev–Trinajstić information content (AvgIpc) is 2.23. The molecule has 0 radical (unpaired) electrons. The van der Waals surface area contributed by atoms with Gasteiger partial charge in [0.05, 0.1) is 10.2 Å². The molecule has 2 aromatic rings. The maximum absolute atomic E-state index is 13.1. The predicted molar refractivity (Wildman–Crippen MR) is 65.9 cm³/mol. The monoisotopic (exact) mass is 297 g/mol. The fraction of sp³-hybridized carbons (Fsp3) is 0.0909. The first-order valence-electron chi connectivity index (χ1n) is 4.77.